The maximum Gasteiger partial charge on any atom is 0.255 e. The molecule has 0 aliphatic carbocycles. The molecule has 2 amide bonds. The molecule has 0 aromatic heterocycles. The van der Waals surface area contributed by atoms with Gasteiger partial charge in [0.25, 0.3) is 5.91 Å². The van der Waals surface area contributed by atoms with Crippen molar-refractivity contribution in [2.45, 2.75) is 25.9 Å². The van der Waals surface area contributed by atoms with Crippen LogP contribution in [-0.2, 0) is 16.1 Å². The third-order valence-corrected chi connectivity index (χ3v) is 4.69. The van der Waals surface area contributed by atoms with Gasteiger partial charge < -0.3 is 15.0 Å². The molecule has 5 nitrogen and oxygen atoms in total. The molecule has 0 saturated carbocycles. The van der Waals surface area contributed by atoms with E-state index in [9.17, 15) is 9.59 Å². The van der Waals surface area contributed by atoms with Crippen molar-refractivity contribution >= 4 is 11.8 Å². The fourth-order valence-corrected chi connectivity index (χ4v) is 3.27. The van der Waals surface area contributed by atoms with Crippen LogP contribution in [0.3, 0.4) is 0 Å². The lowest BCUT2D eigenvalue weighted by atomic mass is 10.0. The third kappa shape index (κ3) is 3.94. The van der Waals surface area contributed by atoms with E-state index in [2.05, 4.69) is 5.32 Å². The smallest absolute Gasteiger partial charge is 0.255 e. The van der Waals surface area contributed by atoms with Gasteiger partial charge in [-0.3, -0.25) is 9.59 Å². The molecular formula is C21H24N2O3. The molecule has 3 rings (SSSR count). The van der Waals surface area contributed by atoms with E-state index in [1.54, 1.807) is 12.0 Å². The lowest BCUT2D eigenvalue weighted by Crippen LogP contribution is -2.35. The first-order valence-electron chi connectivity index (χ1n) is 8.81. The number of hydrogen-bond donors (Lipinski definition) is 1. The molecular weight excluding hydrogens is 328 g/mol. The Morgan fingerprint density at radius 1 is 1.19 bits per heavy atom. The number of nitrogens with one attached hydrogen (secondary N) is 1. The predicted molar refractivity (Wildman–Crippen MR) is 99.7 cm³/mol. The van der Waals surface area contributed by atoms with Gasteiger partial charge in [0.1, 0.15) is 0 Å². The summed E-state index contributed by atoms with van der Waals surface area (Å²) >= 11 is 0. The summed E-state index contributed by atoms with van der Waals surface area (Å²) < 4.78 is 4.97. The number of ether oxygens (including phenoxy) is 1. The fourth-order valence-electron chi connectivity index (χ4n) is 3.27. The van der Waals surface area contributed by atoms with Crippen LogP contribution in [0.5, 0.6) is 0 Å². The van der Waals surface area contributed by atoms with Crippen molar-refractivity contribution in [2.75, 3.05) is 20.3 Å². The second-order valence-corrected chi connectivity index (χ2v) is 6.56. The van der Waals surface area contributed by atoms with Crippen molar-refractivity contribution in [3.05, 3.63) is 70.8 Å². The van der Waals surface area contributed by atoms with E-state index in [0.29, 0.717) is 19.7 Å². The number of nitrogens with zero attached hydrogens (tertiary/aromatic N) is 1. The highest BCUT2D eigenvalue weighted by atomic mass is 16.5. The number of methoxy groups -OCH3 is 1. The molecule has 1 heterocycles. The van der Waals surface area contributed by atoms with Crippen molar-refractivity contribution in [1.29, 1.82) is 0 Å². The monoisotopic (exact) mass is 352 g/mol. The lowest BCUT2D eigenvalue weighted by Gasteiger charge is -2.28. The van der Waals surface area contributed by atoms with Crippen LogP contribution in [0.2, 0.25) is 0 Å². The highest BCUT2D eigenvalue weighted by Gasteiger charge is 2.34. The zero-order chi connectivity index (χ0) is 18.5. The van der Waals surface area contributed by atoms with Crippen LogP contribution in [0.25, 0.3) is 0 Å². The van der Waals surface area contributed by atoms with E-state index in [0.717, 1.165) is 22.3 Å². The SMILES string of the molecule is COCCNC(=O)C[C@@H](c1ccc(C)cc1)N1Cc2ccccc2C1=O. The molecule has 1 aliphatic heterocycles. The molecule has 2 aromatic rings. The Balaban J connectivity index is 1.83. The Morgan fingerprint density at radius 2 is 1.92 bits per heavy atom. The van der Waals surface area contributed by atoms with Crippen LogP contribution in [0.1, 0.15) is 39.5 Å². The second-order valence-electron chi connectivity index (χ2n) is 6.56. The lowest BCUT2D eigenvalue weighted by molar-refractivity contribution is -0.122. The Morgan fingerprint density at radius 3 is 2.62 bits per heavy atom. The van der Waals surface area contributed by atoms with E-state index in [1.165, 1.54) is 0 Å². The minimum atomic E-state index is -0.293. The van der Waals surface area contributed by atoms with Gasteiger partial charge >= 0.3 is 0 Å². The van der Waals surface area contributed by atoms with E-state index >= 15 is 0 Å². The number of carbonyl (C=O) groups excluding carboxylic acids is 2. The van der Waals surface area contributed by atoms with Crippen molar-refractivity contribution < 1.29 is 14.3 Å². The van der Waals surface area contributed by atoms with Crippen LogP contribution < -0.4 is 5.32 Å². The Labute approximate surface area is 154 Å². The number of rotatable bonds is 7. The van der Waals surface area contributed by atoms with E-state index in [4.69, 9.17) is 4.74 Å². The number of hydrogen-bond acceptors (Lipinski definition) is 3. The molecule has 136 valence electrons. The molecule has 0 bridgehead atoms. The van der Waals surface area contributed by atoms with Crippen molar-refractivity contribution in [1.82, 2.24) is 10.2 Å². The van der Waals surface area contributed by atoms with Gasteiger partial charge in [-0.1, -0.05) is 48.0 Å². The maximum absolute atomic E-state index is 12.9. The number of benzene rings is 2. The quantitative estimate of drug-likeness (QED) is 0.780. The normalized spacial score (nSPS) is 14.2. The van der Waals surface area contributed by atoms with Crippen LogP contribution in [0.4, 0.5) is 0 Å². The van der Waals surface area contributed by atoms with Gasteiger partial charge in [-0.2, -0.15) is 0 Å². The first-order valence-corrected chi connectivity index (χ1v) is 8.81. The molecule has 0 radical (unpaired) electrons. The summed E-state index contributed by atoms with van der Waals surface area (Å²) in [6, 6.07) is 15.4. The van der Waals surface area contributed by atoms with E-state index in [-0.39, 0.29) is 24.3 Å². The zero-order valence-electron chi connectivity index (χ0n) is 15.2. The molecule has 5 heteroatoms. The first-order chi connectivity index (χ1) is 12.6. The van der Waals surface area contributed by atoms with E-state index in [1.807, 2.05) is 55.5 Å². The Hall–Kier alpha value is -2.66. The van der Waals surface area contributed by atoms with Crippen LogP contribution in [0, 0.1) is 6.92 Å². The third-order valence-electron chi connectivity index (χ3n) is 4.69. The van der Waals surface area contributed by atoms with Crippen molar-refractivity contribution in [3.8, 4) is 0 Å². The van der Waals surface area contributed by atoms with Crippen molar-refractivity contribution in [2.24, 2.45) is 0 Å². The van der Waals surface area contributed by atoms with E-state index < -0.39 is 0 Å². The molecule has 0 saturated heterocycles. The Bertz CT molecular complexity index is 786. The molecule has 0 spiro atoms. The summed E-state index contributed by atoms with van der Waals surface area (Å²) in [5.74, 6) is -0.104. The number of aryl methyl sites for hydroxylation is 1. The molecule has 0 unspecified atom stereocenters. The highest BCUT2D eigenvalue weighted by Crippen LogP contribution is 2.33. The summed E-state index contributed by atoms with van der Waals surface area (Å²) in [6.45, 7) is 3.48. The van der Waals surface area contributed by atoms with Gasteiger partial charge in [-0.25, -0.2) is 0 Å². The minimum Gasteiger partial charge on any atom is -0.383 e. The van der Waals surface area contributed by atoms with Crippen LogP contribution in [-0.4, -0.2) is 37.0 Å². The highest BCUT2D eigenvalue weighted by molar-refractivity contribution is 5.98. The molecule has 1 N–H and O–H groups in total. The average Bonchev–Trinajstić information content (AvgIpc) is 2.98. The number of amides is 2. The van der Waals surface area contributed by atoms with Gasteiger partial charge in [-0.15, -0.1) is 0 Å². The van der Waals surface area contributed by atoms with Crippen LogP contribution in [0.15, 0.2) is 48.5 Å². The molecule has 0 fully saturated rings. The first kappa shape index (κ1) is 18.1. The van der Waals surface area contributed by atoms with Crippen LogP contribution >= 0.6 is 0 Å². The Kier molecular flexibility index (Phi) is 5.68. The predicted octanol–water partition coefficient (Wildman–Crippen LogP) is 2.84. The summed E-state index contributed by atoms with van der Waals surface area (Å²) in [7, 11) is 1.60. The van der Waals surface area contributed by atoms with Crippen molar-refractivity contribution in [3.63, 3.8) is 0 Å². The fraction of sp³-hybridized carbons (Fsp3) is 0.333. The van der Waals surface area contributed by atoms with Gasteiger partial charge in [0, 0.05) is 25.8 Å². The number of carbonyl (C=O) groups is 2. The topological polar surface area (TPSA) is 58.6 Å². The zero-order valence-corrected chi connectivity index (χ0v) is 15.2. The summed E-state index contributed by atoms with van der Waals surface area (Å²) in [5.41, 5.74) is 3.85. The average molecular weight is 352 g/mol. The summed E-state index contributed by atoms with van der Waals surface area (Å²) in [6.07, 6.45) is 0.229. The number of fused-ring (bicyclic) bond motifs is 1. The maximum atomic E-state index is 12.9. The second kappa shape index (κ2) is 8.15. The van der Waals surface area contributed by atoms with Gasteiger partial charge in [0.2, 0.25) is 5.91 Å². The standard InChI is InChI=1S/C21H24N2O3/c1-15-7-9-16(10-8-15)19(13-20(24)22-11-12-26-2)23-14-17-5-3-4-6-18(17)21(23)25/h3-10,19H,11-14H2,1-2H3,(H,22,24)/t19-/m0/s1. The van der Waals surface area contributed by atoms with Gasteiger partial charge in [0.05, 0.1) is 19.1 Å². The largest absolute Gasteiger partial charge is 0.383 e. The molecule has 2 aromatic carbocycles. The summed E-state index contributed by atoms with van der Waals surface area (Å²) in [4.78, 5) is 27.1. The summed E-state index contributed by atoms with van der Waals surface area (Å²) in [5, 5.41) is 2.85. The molecule has 1 aliphatic rings. The molecule has 26 heavy (non-hydrogen) atoms. The molecule has 1 atom stereocenters. The van der Waals surface area contributed by atoms with Gasteiger partial charge in [-0.05, 0) is 24.1 Å². The van der Waals surface area contributed by atoms with Gasteiger partial charge in [0.15, 0.2) is 0 Å². The minimum absolute atomic E-state index is 0.0177.